The molecule has 0 aliphatic heterocycles. The summed E-state index contributed by atoms with van der Waals surface area (Å²) in [4.78, 5) is 10.2. The fraction of sp³-hybridized carbons (Fsp3) is 0.292. The van der Waals surface area contributed by atoms with Crippen molar-refractivity contribution in [1.29, 1.82) is 0 Å². The molecule has 0 radical (unpaired) electrons. The zero-order valence-electron chi connectivity index (χ0n) is 20.0. The number of ether oxygens (including phenoxy) is 2. The molecule has 2 aromatic carbocycles. The summed E-state index contributed by atoms with van der Waals surface area (Å²) < 4.78 is 32.3. The SMILES string of the molecule is C/C=C/CB(F)F.C=C[C@H](C)[C@H](N)c1ccc(OC)cc1.COc1ccc(C=O)cc1.[F-].[K+]. The summed E-state index contributed by atoms with van der Waals surface area (Å²) in [6.45, 7) is 7.52. The van der Waals surface area contributed by atoms with Crippen molar-refractivity contribution < 1.29 is 79.0 Å². The minimum atomic E-state index is -2.18. The number of methoxy groups -OCH3 is 2. The Morgan fingerprint density at radius 2 is 1.48 bits per heavy atom. The van der Waals surface area contributed by atoms with Crippen molar-refractivity contribution in [3.8, 4) is 11.5 Å². The van der Waals surface area contributed by atoms with Gasteiger partial charge in [-0.05, 0) is 54.8 Å². The maximum absolute atomic E-state index is 11.2. The van der Waals surface area contributed by atoms with E-state index in [0.717, 1.165) is 23.3 Å². The number of hydrogen-bond acceptors (Lipinski definition) is 4. The van der Waals surface area contributed by atoms with Crippen LogP contribution in [0.25, 0.3) is 0 Å². The Balaban J connectivity index is -0.000000421. The third kappa shape index (κ3) is 16.8. The van der Waals surface area contributed by atoms with Crippen molar-refractivity contribution in [2.24, 2.45) is 11.7 Å². The molecule has 33 heavy (non-hydrogen) atoms. The van der Waals surface area contributed by atoms with E-state index in [1.54, 1.807) is 51.5 Å². The van der Waals surface area contributed by atoms with Gasteiger partial charge in [0.05, 0.1) is 14.2 Å². The van der Waals surface area contributed by atoms with E-state index in [4.69, 9.17) is 15.2 Å². The molecule has 0 aliphatic rings. The molecule has 0 fully saturated rings. The third-order valence-electron chi connectivity index (χ3n) is 4.24. The molecule has 2 aromatic rings. The Hall–Kier alpha value is -1.36. The van der Waals surface area contributed by atoms with Crippen LogP contribution < -0.4 is 71.3 Å². The van der Waals surface area contributed by atoms with E-state index in [1.807, 2.05) is 30.3 Å². The summed E-state index contributed by atoms with van der Waals surface area (Å²) in [5, 5.41) is 0. The van der Waals surface area contributed by atoms with Crippen molar-refractivity contribution in [3.63, 3.8) is 0 Å². The van der Waals surface area contributed by atoms with Crippen molar-refractivity contribution in [2.45, 2.75) is 26.2 Å². The van der Waals surface area contributed by atoms with Gasteiger partial charge in [0.2, 0.25) is 0 Å². The molecule has 0 spiro atoms. The number of rotatable bonds is 8. The number of nitrogens with two attached hydrogens (primary N) is 1. The van der Waals surface area contributed by atoms with Crippen LogP contribution in [0.15, 0.2) is 73.3 Å². The third-order valence-corrected chi connectivity index (χ3v) is 4.24. The predicted molar refractivity (Wildman–Crippen MR) is 125 cm³/mol. The summed E-state index contributed by atoms with van der Waals surface area (Å²) in [5.41, 5.74) is 7.81. The van der Waals surface area contributed by atoms with Gasteiger partial charge in [0, 0.05) is 17.9 Å². The second-order valence-electron chi connectivity index (χ2n) is 6.48. The first-order valence-electron chi connectivity index (χ1n) is 9.83. The molecule has 4 nitrogen and oxygen atoms in total. The summed E-state index contributed by atoms with van der Waals surface area (Å²) in [6.07, 6.45) is 5.63. The quantitative estimate of drug-likeness (QED) is 0.323. The first-order valence-corrected chi connectivity index (χ1v) is 9.83. The number of benzene rings is 2. The standard InChI is InChI=1S/C12H17NO.C8H8O2.C4H7BF2.FH.K/c1-4-9(2)12(13)10-5-7-11(14-3)8-6-10;1-10-8-4-2-7(6-9)3-5-8;1-2-3-4-5(6)7;;/h4-9,12H,1,13H2,2-3H3;2-6H,1H3;2-3H,4H2,1H3;1H;/q;;;;+1/p-1/b;;3-2+;;/t9-,12-;;;;/m0..../s1. The second-order valence-corrected chi connectivity index (χ2v) is 6.48. The van der Waals surface area contributed by atoms with Crippen LogP contribution in [-0.2, 0) is 0 Å². The largest absolute Gasteiger partial charge is 1.00 e. The van der Waals surface area contributed by atoms with E-state index in [-0.39, 0.29) is 74.4 Å². The molecule has 2 rings (SSSR count). The molecule has 9 heteroatoms. The van der Waals surface area contributed by atoms with Gasteiger partial charge < -0.3 is 19.9 Å². The molecule has 0 saturated heterocycles. The number of carbonyl (C=O) groups excluding carboxylic acids is 1. The number of halogens is 3. The Bertz CT molecular complexity index is 776. The van der Waals surface area contributed by atoms with Crippen LogP contribution in [0.2, 0.25) is 6.32 Å². The normalized spacial score (nSPS) is 11.0. The molecule has 0 bridgehead atoms. The smallest absolute Gasteiger partial charge is 1.00 e. The molecule has 0 saturated carbocycles. The van der Waals surface area contributed by atoms with Gasteiger partial charge in [-0.2, -0.15) is 0 Å². The fourth-order valence-corrected chi connectivity index (χ4v) is 2.20. The topological polar surface area (TPSA) is 61.6 Å². The van der Waals surface area contributed by atoms with Crippen LogP contribution in [0.5, 0.6) is 11.5 Å². The molecule has 0 amide bonds. The molecule has 0 aliphatic carbocycles. The monoisotopic (exact) mass is 489 g/mol. The first-order chi connectivity index (χ1) is 14.8. The van der Waals surface area contributed by atoms with Gasteiger partial charge in [0.15, 0.2) is 0 Å². The molecule has 0 heterocycles. The second kappa shape index (κ2) is 22.4. The number of hydrogen-bond donors (Lipinski definition) is 1. The molecular weight excluding hydrogens is 457 g/mol. The van der Waals surface area contributed by atoms with E-state index >= 15 is 0 Å². The van der Waals surface area contributed by atoms with E-state index in [0.29, 0.717) is 5.56 Å². The Labute approximate surface area is 238 Å². The number of allylic oxidation sites excluding steroid dienone is 2. The predicted octanol–water partition coefficient (Wildman–Crippen LogP) is 0.0225. The van der Waals surface area contributed by atoms with E-state index < -0.39 is 7.27 Å². The van der Waals surface area contributed by atoms with Gasteiger partial charge in [0.1, 0.15) is 17.8 Å². The summed E-state index contributed by atoms with van der Waals surface area (Å²) in [6, 6.07) is 14.8. The minimum absolute atomic E-state index is 0. The summed E-state index contributed by atoms with van der Waals surface area (Å²) >= 11 is 0. The fourth-order valence-electron chi connectivity index (χ4n) is 2.20. The van der Waals surface area contributed by atoms with E-state index in [9.17, 15) is 13.4 Å². The van der Waals surface area contributed by atoms with Crippen LogP contribution in [0.1, 0.15) is 35.8 Å². The Morgan fingerprint density at radius 1 is 1.03 bits per heavy atom. The Morgan fingerprint density at radius 3 is 1.79 bits per heavy atom. The van der Waals surface area contributed by atoms with Gasteiger partial charge in [-0.1, -0.05) is 37.3 Å². The maximum Gasteiger partial charge on any atom is 1.00 e. The minimum Gasteiger partial charge on any atom is -1.00 e. The van der Waals surface area contributed by atoms with Gasteiger partial charge in [-0.3, -0.25) is 13.4 Å². The van der Waals surface area contributed by atoms with Gasteiger partial charge in [-0.25, -0.2) is 0 Å². The average Bonchev–Trinajstić information content (AvgIpc) is 2.82. The number of carbonyl (C=O) groups is 1. The van der Waals surface area contributed by atoms with Crippen LogP contribution >= 0.6 is 0 Å². The Kier molecular flexibility index (Phi) is 24.6. The van der Waals surface area contributed by atoms with Crippen LogP contribution in [0.4, 0.5) is 8.63 Å². The van der Waals surface area contributed by atoms with E-state index in [1.165, 1.54) is 6.08 Å². The van der Waals surface area contributed by atoms with Gasteiger partial charge in [-0.15, -0.1) is 6.58 Å². The molecule has 2 N–H and O–H groups in total. The van der Waals surface area contributed by atoms with Gasteiger partial charge in [0.25, 0.3) is 0 Å². The van der Waals surface area contributed by atoms with Gasteiger partial charge >= 0.3 is 58.7 Å². The summed E-state index contributed by atoms with van der Waals surface area (Å²) in [7, 11) is 1.06. The zero-order chi connectivity index (χ0) is 23.6. The van der Waals surface area contributed by atoms with Crippen LogP contribution in [0.3, 0.4) is 0 Å². The first kappa shape index (κ1) is 36.2. The number of aldehydes is 1. The average molecular weight is 489 g/mol. The molecule has 0 aromatic heterocycles. The molecule has 176 valence electrons. The van der Waals surface area contributed by atoms with E-state index in [2.05, 4.69) is 13.5 Å². The maximum atomic E-state index is 11.2. The van der Waals surface area contributed by atoms with Crippen LogP contribution in [-0.4, -0.2) is 27.8 Å². The summed E-state index contributed by atoms with van der Waals surface area (Å²) in [5.74, 6) is 1.90. The zero-order valence-corrected chi connectivity index (χ0v) is 23.1. The van der Waals surface area contributed by atoms with Crippen molar-refractivity contribution in [2.75, 3.05) is 14.2 Å². The molecule has 0 unspecified atom stereocenters. The van der Waals surface area contributed by atoms with Crippen molar-refractivity contribution in [3.05, 3.63) is 84.5 Å². The van der Waals surface area contributed by atoms with Crippen LogP contribution in [0, 0.1) is 5.92 Å². The van der Waals surface area contributed by atoms with Crippen molar-refractivity contribution in [1.82, 2.24) is 0 Å². The van der Waals surface area contributed by atoms with Crippen molar-refractivity contribution >= 4 is 13.6 Å². The molecular formula is C24H32BF3KNO3. The molecule has 2 atom stereocenters.